The number of rotatable bonds is 13. The molecule has 4 nitrogen and oxygen atoms in total. The molecule has 0 spiro atoms. The van der Waals surface area contributed by atoms with Crippen LogP contribution in [-0.2, 0) is 4.79 Å². The number of allylic oxidation sites excluding steroid dienone is 4. The highest BCUT2D eigenvalue weighted by Gasteiger charge is 2.27. The van der Waals surface area contributed by atoms with Crippen LogP contribution in [0.1, 0.15) is 101 Å². The molecule has 0 fully saturated rings. The smallest absolute Gasteiger partial charge is 0.314 e. The molecule has 0 aromatic heterocycles. The standard InChI is InChI=1S/C39H42F4O4/c1-3-5-23-45-33-21-19-31(35(40)37(33)42)27-9-7-25(8-10-27)26-15-17-30(18-16-26)47-39(44)29-13-11-28(12-14-29)32-20-22-34(38(43)36(32)41)46-24-6-4-2/h9,11,15-22,25,29H,3-8,10,12-14,23-24H2,1-2H3. The third-order valence-electron chi connectivity index (χ3n) is 9.02. The second kappa shape index (κ2) is 16.2. The first kappa shape index (κ1) is 34.3. The quantitative estimate of drug-likeness (QED) is 0.0799. The third-order valence-corrected chi connectivity index (χ3v) is 9.02. The number of unbranched alkanes of at least 4 members (excludes halogenated alkanes) is 2. The molecule has 0 saturated carbocycles. The van der Waals surface area contributed by atoms with Crippen molar-refractivity contribution in [3.05, 3.63) is 101 Å². The second-order valence-corrected chi connectivity index (χ2v) is 12.3. The van der Waals surface area contributed by atoms with Crippen molar-refractivity contribution in [3.63, 3.8) is 0 Å². The van der Waals surface area contributed by atoms with Gasteiger partial charge in [0, 0.05) is 11.1 Å². The molecule has 250 valence electrons. The fourth-order valence-electron chi connectivity index (χ4n) is 6.12. The number of hydrogen-bond acceptors (Lipinski definition) is 4. The van der Waals surface area contributed by atoms with Crippen LogP contribution in [-0.4, -0.2) is 19.2 Å². The lowest BCUT2D eigenvalue weighted by atomic mass is 9.82. The molecule has 0 N–H and O–H groups in total. The van der Waals surface area contributed by atoms with Crippen LogP contribution in [0.25, 0.3) is 11.1 Å². The monoisotopic (exact) mass is 650 g/mol. The molecule has 3 aromatic rings. The first-order chi connectivity index (χ1) is 22.8. The van der Waals surface area contributed by atoms with Gasteiger partial charge in [0.25, 0.3) is 0 Å². The van der Waals surface area contributed by atoms with Crippen molar-refractivity contribution < 1.29 is 36.6 Å². The molecule has 8 heteroatoms. The van der Waals surface area contributed by atoms with Gasteiger partial charge in [0.1, 0.15) is 5.75 Å². The fraction of sp³-hybridized carbons (Fsp3) is 0.410. The van der Waals surface area contributed by atoms with Gasteiger partial charge in [0.2, 0.25) is 11.6 Å². The lowest BCUT2D eigenvalue weighted by Gasteiger charge is -2.23. The Kier molecular flexibility index (Phi) is 11.8. The number of halogens is 4. The molecule has 0 bridgehead atoms. The van der Waals surface area contributed by atoms with E-state index in [4.69, 9.17) is 14.2 Å². The molecule has 2 unspecified atom stereocenters. The van der Waals surface area contributed by atoms with Crippen molar-refractivity contribution in [1.82, 2.24) is 0 Å². The SMILES string of the molecule is CCCCOc1ccc(C2=CCC(C(=O)Oc3ccc(C4CC=C(c5ccc(OCCCC)c(F)c5F)CC4)cc3)CC2)c(F)c1F. The van der Waals surface area contributed by atoms with Crippen LogP contribution >= 0.6 is 0 Å². The van der Waals surface area contributed by atoms with E-state index >= 15 is 0 Å². The van der Waals surface area contributed by atoms with Gasteiger partial charge in [-0.15, -0.1) is 0 Å². The van der Waals surface area contributed by atoms with Gasteiger partial charge in [0.15, 0.2) is 23.1 Å². The molecule has 0 radical (unpaired) electrons. The largest absolute Gasteiger partial charge is 0.490 e. The van der Waals surface area contributed by atoms with Gasteiger partial charge >= 0.3 is 5.97 Å². The summed E-state index contributed by atoms with van der Waals surface area (Å²) in [5.74, 6) is -3.98. The van der Waals surface area contributed by atoms with E-state index in [2.05, 4.69) is 0 Å². The summed E-state index contributed by atoms with van der Waals surface area (Å²) in [6.07, 6.45) is 10.4. The van der Waals surface area contributed by atoms with Gasteiger partial charge in [-0.25, -0.2) is 8.78 Å². The van der Waals surface area contributed by atoms with Crippen molar-refractivity contribution in [2.45, 2.75) is 84.0 Å². The van der Waals surface area contributed by atoms with E-state index in [1.165, 1.54) is 18.2 Å². The Morgan fingerprint density at radius 2 is 1.21 bits per heavy atom. The maximum atomic E-state index is 14.9. The lowest BCUT2D eigenvalue weighted by molar-refractivity contribution is -0.139. The van der Waals surface area contributed by atoms with E-state index in [0.717, 1.165) is 43.2 Å². The molecule has 2 aliphatic rings. The van der Waals surface area contributed by atoms with E-state index in [9.17, 15) is 22.4 Å². The fourth-order valence-corrected chi connectivity index (χ4v) is 6.12. The Hall–Kier alpha value is -4.07. The first-order valence-electron chi connectivity index (χ1n) is 16.7. The van der Waals surface area contributed by atoms with Crippen LogP contribution in [0.3, 0.4) is 0 Å². The van der Waals surface area contributed by atoms with Crippen molar-refractivity contribution in [2.24, 2.45) is 5.92 Å². The highest BCUT2D eigenvalue weighted by Crippen LogP contribution is 2.39. The van der Waals surface area contributed by atoms with Crippen molar-refractivity contribution >= 4 is 17.1 Å². The Morgan fingerprint density at radius 3 is 1.68 bits per heavy atom. The molecule has 0 heterocycles. The van der Waals surface area contributed by atoms with Crippen LogP contribution in [0.5, 0.6) is 17.2 Å². The highest BCUT2D eigenvalue weighted by atomic mass is 19.2. The predicted octanol–water partition coefficient (Wildman–Crippen LogP) is 10.7. The number of esters is 1. The van der Waals surface area contributed by atoms with Crippen LogP contribution in [0.4, 0.5) is 17.6 Å². The number of hydrogen-bond donors (Lipinski definition) is 0. The van der Waals surface area contributed by atoms with E-state index in [0.29, 0.717) is 56.6 Å². The molecular formula is C39H42F4O4. The van der Waals surface area contributed by atoms with Gasteiger partial charge in [0.05, 0.1) is 19.1 Å². The van der Waals surface area contributed by atoms with Gasteiger partial charge in [-0.2, -0.15) is 8.78 Å². The first-order valence-corrected chi connectivity index (χ1v) is 16.7. The highest BCUT2D eigenvalue weighted by molar-refractivity contribution is 5.78. The molecule has 5 rings (SSSR count). The van der Waals surface area contributed by atoms with Gasteiger partial charge in [-0.3, -0.25) is 4.79 Å². The summed E-state index contributed by atoms with van der Waals surface area (Å²) in [5.41, 5.74) is 3.00. The van der Waals surface area contributed by atoms with E-state index in [1.807, 2.05) is 32.1 Å². The molecule has 0 aliphatic heterocycles. The maximum absolute atomic E-state index is 14.9. The summed E-state index contributed by atoms with van der Waals surface area (Å²) in [6, 6.07) is 13.5. The minimum Gasteiger partial charge on any atom is -0.490 e. The Bertz CT molecular complexity index is 1610. The lowest BCUT2D eigenvalue weighted by Crippen LogP contribution is -2.22. The summed E-state index contributed by atoms with van der Waals surface area (Å²) in [5, 5.41) is 0. The predicted molar refractivity (Wildman–Crippen MR) is 175 cm³/mol. The number of carbonyl (C=O) groups excluding carboxylic acids is 1. The molecule has 2 aliphatic carbocycles. The topological polar surface area (TPSA) is 44.8 Å². The summed E-state index contributed by atoms with van der Waals surface area (Å²) < 4.78 is 75.3. The Labute approximate surface area is 274 Å². The second-order valence-electron chi connectivity index (χ2n) is 12.3. The molecular weight excluding hydrogens is 608 g/mol. The number of ether oxygens (including phenoxy) is 3. The van der Waals surface area contributed by atoms with Crippen LogP contribution in [0, 0.1) is 29.2 Å². The zero-order valence-corrected chi connectivity index (χ0v) is 27.1. The van der Waals surface area contributed by atoms with Gasteiger partial charge in [-0.05, 0) is 110 Å². The van der Waals surface area contributed by atoms with Crippen LogP contribution in [0.2, 0.25) is 0 Å². The number of benzene rings is 3. The summed E-state index contributed by atoms with van der Waals surface area (Å²) in [6.45, 7) is 4.68. The van der Waals surface area contributed by atoms with Crippen molar-refractivity contribution in [1.29, 1.82) is 0 Å². The maximum Gasteiger partial charge on any atom is 0.314 e. The van der Waals surface area contributed by atoms with Gasteiger partial charge < -0.3 is 14.2 Å². The normalized spacial score (nSPS) is 17.9. The van der Waals surface area contributed by atoms with Gasteiger partial charge in [-0.1, -0.05) is 51.0 Å². The van der Waals surface area contributed by atoms with E-state index in [1.54, 1.807) is 24.3 Å². The average Bonchev–Trinajstić information content (AvgIpc) is 3.09. The summed E-state index contributed by atoms with van der Waals surface area (Å²) in [4.78, 5) is 12.9. The minimum atomic E-state index is -0.989. The average molecular weight is 651 g/mol. The summed E-state index contributed by atoms with van der Waals surface area (Å²) in [7, 11) is 0. The number of carbonyl (C=O) groups is 1. The van der Waals surface area contributed by atoms with Crippen LogP contribution < -0.4 is 14.2 Å². The van der Waals surface area contributed by atoms with Crippen molar-refractivity contribution in [2.75, 3.05) is 13.2 Å². The zero-order valence-electron chi connectivity index (χ0n) is 27.1. The third kappa shape index (κ3) is 8.27. The Balaban J connectivity index is 1.14. The Morgan fingerprint density at radius 1 is 0.681 bits per heavy atom. The van der Waals surface area contributed by atoms with Crippen molar-refractivity contribution in [3.8, 4) is 17.2 Å². The zero-order chi connectivity index (χ0) is 33.3. The van der Waals surface area contributed by atoms with Crippen LogP contribution in [0.15, 0.2) is 60.7 Å². The molecule has 0 saturated heterocycles. The molecule has 47 heavy (non-hydrogen) atoms. The summed E-state index contributed by atoms with van der Waals surface area (Å²) >= 11 is 0. The van der Waals surface area contributed by atoms with E-state index in [-0.39, 0.29) is 40.4 Å². The molecule has 0 amide bonds. The molecule has 3 aromatic carbocycles. The van der Waals surface area contributed by atoms with E-state index < -0.39 is 23.3 Å². The minimum absolute atomic E-state index is 0.0545. The molecule has 2 atom stereocenters.